The summed E-state index contributed by atoms with van der Waals surface area (Å²) in [6.45, 7) is 5.53. The molecule has 0 heterocycles. The maximum atomic E-state index is 11.1. The minimum absolute atomic E-state index is 0.0926. The zero-order valence-electron chi connectivity index (χ0n) is 13.2. The van der Waals surface area contributed by atoms with E-state index in [1.54, 1.807) is 44.4 Å². The first-order valence-electron chi connectivity index (χ1n) is 6.12. The number of rotatable bonds is 2. The fourth-order valence-electron chi connectivity index (χ4n) is 0.717. The molecule has 0 saturated heterocycles. The lowest BCUT2D eigenvalue weighted by Gasteiger charge is -2.02. The van der Waals surface area contributed by atoms with Gasteiger partial charge in [-0.2, -0.15) is 0 Å². The molecular formula is C13H24I2N2O3S. The Labute approximate surface area is 152 Å². The van der Waals surface area contributed by atoms with E-state index >= 15 is 0 Å². The van der Waals surface area contributed by atoms with E-state index in [0.717, 1.165) is 0 Å². The highest BCUT2D eigenvalue weighted by Crippen LogP contribution is 2.05. The van der Waals surface area contributed by atoms with Crippen molar-refractivity contribution in [2.45, 2.75) is 25.7 Å². The van der Waals surface area contributed by atoms with E-state index in [1.807, 2.05) is 13.8 Å². The Hall–Kier alpha value is 0.0600. The normalized spacial score (nSPS) is 8.76. The van der Waals surface area contributed by atoms with Gasteiger partial charge in [0.15, 0.2) is 0 Å². The van der Waals surface area contributed by atoms with Gasteiger partial charge >= 0.3 is 0 Å². The van der Waals surface area contributed by atoms with Gasteiger partial charge in [-0.1, -0.05) is 32.0 Å². The predicted molar refractivity (Wildman–Crippen MR) is 106 cm³/mol. The van der Waals surface area contributed by atoms with E-state index in [0.29, 0.717) is 4.90 Å². The molecule has 0 aliphatic rings. The minimum atomic E-state index is -3.25. The topological polar surface area (TPSA) is 66.5 Å². The number of nitrogens with one attached hydrogen (secondary N) is 1. The molecule has 0 unspecified atom stereocenters. The van der Waals surface area contributed by atoms with Crippen molar-refractivity contribution in [3.63, 3.8) is 0 Å². The quantitative estimate of drug-likeness (QED) is 0.583. The largest absolute Gasteiger partial charge is 0.349 e. The number of amides is 1. The van der Waals surface area contributed by atoms with Gasteiger partial charge in [-0.3, -0.25) is 4.79 Å². The Morgan fingerprint density at radius 2 is 1.43 bits per heavy atom. The molecule has 0 bridgehead atoms. The molecule has 0 aliphatic heterocycles. The molecule has 1 aromatic rings. The Kier molecular flexibility index (Phi) is 20.3. The van der Waals surface area contributed by atoms with Crippen LogP contribution in [0.5, 0.6) is 0 Å². The number of carbonyl (C=O) groups is 1. The van der Waals surface area contributed by atoms with E-state index in [9.17, 15) is 13.2 Å². The minimum Gasteiger partial charge on any atom is -0.349 e. The van der Waals surface area contributed by atoms with E-state index in [1.165, 1.54) is 18.9 Å². The van der Waals surface area contributed by atoms with Gasteiger partial charge in [0.25, 0.3) is 0 Å². The third-order valence-electron chi connectivity index (χ3n) is 1.95. The lowest BCUT2D eigenvalue weighted by atomic mass is 10.4. The molecule has 124 valence electrons. The van der Waals surface area contributed by atoms with Crippen LogP contribution in [-0.4, -0.2) is 40.4 Å². The number of hydrogen-bond acceptors (Lipinski definition) is 3. The van der Waals surface area contributed by atoms with Crippen LogP contribution in [0.4, 0.5) is 0 Å². The van der Waals surface area contributed by atoms with E-state index in [4.69, 9.17) is 0 Å². The molecule has 1 aromatic carbocycles. The first-order chi connectivity index (χ1) is 9.81. The second-order valence-electron chi connectivity index (χ2n) is 3.43. The number of carbonyl (C=O) groups excluding carboxylic acids is 1. The number of hydrogen-bond donors (Lipinski definition) is 1. The summed E-state index contributed by atoms with van der Waals surface area (Å²) in [5.41, 5.74) is 0. The molecule has 0 aromatic heterocycles. The molecule has 0 fully saturated rings. The van der Waals surface area contributed by atoms with Gasteiger partial charge < -0.3 is 4.90 Å². The zero-order chi connectivity index (χ0) is 17.5. The van der Waals surface area contributed by atoms with Crippen LogP contribution in [0.2, 0.25) is 0 Å². The van der Waals surface area contributed by atoms with Crippen LogP contribution in [0.3, 0.4) is 0 Å². The molecule has 8 heteroatoms. The predicted octanol–water partition coefficient (Wildman–Crippen LogP) is 3.49. The Balaban J connectivity index is -0.000000277. The van der Waals surface area contributed by atoms with Crippen LogP contribution in [0.25, 0.3) is 0 Å². The summed E-state index contributed by atoms with van der Waals surface area (Å²) in [5.74, 6) is 0.0926. The van der Waals surface area contributed by atoms with E-state index in [-0.39, 0.29) is 5.91 Å². The van der Waals surface area contributed by atoms with Gasteiger partial charge in [0.1, 0.15) is 0 Å². The zero-order valence-corrected chi connectivity index (χ0v) is 18.4. The first kappa shape index (κ1) is 26.0. The molecule has 0 radical (unpaired) electrons. The van der Waals surface area contributed by atoms with E-state index in [2.05, 4.69) is 42.0 Å². The van der Waals surface area contributed by atoms with Crippen LogP contribution < -0.4 is 4.72 Å². The van der Waals surface area contributed by atoms with Crippen LogP contribution >= 0.6 is 37.2 Å². The highest BCUT2D eigenvalue weighted by Gasteiger charge is 2.08. The van der Waals surface area contributed by atoms with Crippen molar-refractivity contribution in [1.82, 2.24) is 9.62 Å². The maximum absolute atomic E-state index is 11.1. The molecule has 0 spiro atoms. The van der Waals surface area contributed by atoms with Crippen molar-refractivity contribution in [3.8, 4) is 0 Å². The lowest BCUT2D eigenvalue weighted by molar-refractivity contribution is -0.126. The summed E-state index contributed by atoms with van der Waals surface area (Å²) in [5, 5.41) is 0. The third-order valence-corrected chi connectivity index (χ3v) is 3.38. The maximum Gasteiger partial charge on any atom is 0.240 e. The average Bonchev–Trinajstić information content (AvgIpc) is 2.52. The van der Waals surface area contributed by atoms with Crippen molar-refractivity contribution < 1.29 is 13.2 Å². The molecule has 1 N–H and O–H groups in total. The van der Waals surface area contributed by atoms with Crippen LogP contribution in [0.15, 0.2) is 35.2 Å². The van der Waals surface area contributed by atoms with Crippen molar-refractivity contribution in [1.29, 1.82) is 0 Å². The second kappa shape index (κ2) is 16.4. The Morgan fingerprint density at radius 1 is 1.10 bits per heavy atom. The fraction of sp³-hybridized carbons (Fsp3) is 0.462. The summed E-state index contributed by atoms with van der Waals surface area (Å²) in [7, 11) is 1.59. The summed E-state index contributed by atoms with van der Waals surface area (Å²) in [6.07, 6.45) is 0. The summed E-state index contributed by atoms with van der Waals surface area (Å²) >= 11 is 4.24. The number of halogens is 2. The van der Waals surface area contributed by atoms with Gasteiger partial charge in [-0.25, -0.2) is 13.1 Å². The summed E-state index contributed by atoms with van der Waals surface area (Å²) in [6, 6.07) is 8.24. The van der Waals surface area contributed by atoms with Crippen molar-refractivity contribution in [2.24, 2.45) is 0 Å². The molecule has 0 saturated carbocycles. The molecule has 0 aliphatic carbocycles. The van der Waals surface area contributed by atoms with Crippen molar-refractivity contribution in [3.05, 3.63) is 30.3 Å². The first-order valence-corrected chi connectivity index (χ1v) is 13.9. The monoisotopic (exact) mass is 542 g/mol. The SMILES string of the molecule is CC.CC(=O)N(C)C.CNS(=O)(=O)c1ccccc1.II. The molecule has 1 rings (SSSR count). The summed E-state index contributed by atoms with van der Waals surface area (Å²) < 4.78 is 24.4. The number of sulfonamides is 1. The highest BCUT2D eigenvalue weighted by atomic mass is 128. The van der Waals surface area contributed by atoms with Crippen LogP contribution in [0, 0.1) is 0 Å². The smallest absolute Gasteiger partial charge is 0.240 e. The second-order valence-corrected chi connectivity index (χ2v) is 5.32. The molecule has 5 nitrogen and oxygen atoms in total. The Morgan fingerprint density at radius 3 is 1.67 bits per heavy atom. The third kappa shape index (κ3) is 14.8. The van der Waals surface area contributed by atoms with Crippen molar-refractivity contribution in [2.75, 3.05) is 21.1 Å². The number of nitrogens with zero attached hydrogens (tertiary/aromatic N) is 1. The molecule has 1 amide bonds. The lowest BCUT2D eigenvalue weighted by Crippen LogP contribution is -2.18. The van der Waals surface area contributed by atoms with Crippen LogP contribution in [0.1, 0.15) is 20.8 Å². The fourth-order valence-corrected chi connectivity index (χ4v) is 1.47. The summed E-state index contributed by atoms with van der Waals surface area (Å²) in [4.78, 5) is 11.9. The van der Waals surface area contributed by atoms with E-state index < -0.39 is 10.0 Å². The number of benzene rings is 1. The van der Waals surface area contributed by atoms with Crippen molar-refractivity contribution >= 4 is 53.2 Å². The van der Waals surface area contributed by atoms with Gasteiger partial charge in [-0.05, 0) is 19.2 Å². The highest BCUT2D eigenvalue weighted by molar-refractivity contribution is 15.0. The Bertz CT molecular complexity index is 452. The molecule has 21 heavy (non-hydrogen) atoms. The van der Waals surface area contributed by atoms with Gasteiger partial charge in [0.05, 0.1) is 4.90 Å². The van der Waals surface area contributed by atoms with Crippen LogP contribution in [-0.2, 0) is 14.8 Å². The average molecular weight is 542 g/mol. The van der Waals surface area contributed by atoms with Gasteiger partial charge in [0, 0.05) is 58.3 Å². The van der Waals surface area contributed by atoms with Gasteiger partial charge in [-0.15, -0.1) is 0 Å². The molecular weight excluding hydrogens is 518 g/mol. The molecule has 0 atom stereocenters. The van der Waals surface area contributed by atoms with Gasteiger partial charge in [0.2, 0.25) is 15.9 Å². The standard InChI is InChI=1S/C7H9NO2S.C4H9NO.C2H6.I2/c1-8-11(9,10)7-5-3-2-4-6-7;1-4(6)5(2)3;2*1-2/h2-6,8H,1H3;1-3H3;1-2H3;.